The molecule has 0 radical (unpaired) electrons. The average Bonchev–Trinajstić information content (AvgIpc) is 2.89. The van der Waals surface area contributed by atoms with Crippen LogP contribution in [0, 0.1) is 0 Å². The molecule has 0 aliphatic carbocycles. The van der Waals surface area contributed by atoms with E-state index in [0.29, 0.717) is 46.9 Å². The van der Waals surface area contributed by atoms with E-state index in [4.69, 9.17) is 25.8 Å². The number of anilines is 2. The molecule has 2 amide bonds. The highest BCUT2D eigenvalue weighted by molar-refractivity contribution is 6.34. The highest BCUT2D eigenvalue weighted by Crippen LogP contribution is 2.38. The summed E-state index contributed by atoms with van der Waals surface area (Å²) in [6, 6.07) is 10.3. The number of nitrogens with zero attached hydrogens (tertiary/aromatic N) is 1. The molecule has 0 bridgehead atoms. The number of para-hydroxylation sites is 2. The normalized spacial score (nSPS) is 15.4. The number of rotatable bonds is 3. The van der Waals surface area contributed by atoms with Crippen LogP contribution in [0.25, 0.3) is 0 Å². The smallest absolute Gasteiger partial charge is 0.265 e. The third kappa shape index (κ3) is 3.64. The van der Waals surface area contributed by atoms with E-state index in [-0.39, 0.29) is 25.0 Å². The summed E-state index contributed by atoms with van der Waals surface area (Å²) in [6.45, 7) is 0.827. The third-order valence-corrected chi connectivity index (χ3v) is 4.53. The maximum absolute atomic E-state index is 12.5. The number of carbonyl (C=O) groups is 2. The van der Waals surface area contributed by atoms with Crippen molar-refractivity contribution in [1.29, 1.82) is 0 Å². The molecule has 0 unspecified atom stereocenters. The summed E-state index contributed by atoms with van der Waals surface area (Å²) in [5.74, 6) is 0.983. The van der Waals surface area contributed by atoms with Crippen LogP contribution < -0.4 is 24.4 Å². The van der Waals surface area contributed by atoms with Gasteiger partial charge in [0.1, 0.15) is 12.3 Å². The van der Waals surface area contributed by atoms with E-state index in [0.717, 1.165) is 6.42 Å². The van der Waals surface area contributed by atoms with Gasteiger partial charge >= 0.3 is 0 Å². The maximum Gasteiger partial charge on any atom is 0.265 e. The molecule has 7 nitrogen and oxygen atoms in total. The number of hydrogen-bond acceptors (Lipinski definition) is 5. The van der Waals surface area contributed by atoms with E-state index in [1.54, 1.807) is 30.3 Å². The summed E-state index contributed by atoms with van der Waals surface area (Å²) < 4.78 is 16.6. The molecule has 0 fully saturated rings. The van der Waals surface area contributed by atoms with Gasteiger partial charge < -0.3 is 19.5 Å². The van der Waals surface area contributed by atoms with Crippen molar-refractivity contribution in [2.24, 2.45) is 0 Å². The summed E-state index contributed by atoms with van der Waals surface area (Å²) in [5.41, 5.74) is 0.966. The minimum Gasteiger partial charge on any atom is -0.490 e. The summed E-state index contributed by atoms with van der Waals surface area (Å²) >= 11 is 6.26. The molecule has 4 rings (SSSR count). The Hall–Kier alpha value is -2.93. The fraction of sp³-hybridized carbons (Fsp3) is 0.263. The average molecular weight is 389 g/mol. The Morgan fingerprint density at radius 1 is 1.07 bits per heavy atom. The van der Waals surface area contributed by atoms with Crippen LogP contribution in [0.1, 0.15) is 6.42 Å². The standard InChI is InChI=1S/C19H17ClN2O5/c20-12-8-16-17(26-7-3-6-25-16)9-13(12)21-18(23)10-22-14-4-1-2-5-15(14)27-11-19(22)24/h1-2,4-5,8-9H,3,6-7,10-11H2,(H,21,23). The molecule has 2 aliphatic rings. The minimum absolute atomic E-state index is 0.102. The zero-order valence-electron chi connectivity index (χ0n) is 14.4. The van der Waals surface area contributed by atoms with E-state index in [1.807, 2.05) is 6.07 Å². The van der Waals surface area contributed by atoms with E-state index in [9.17, 15) is 9.59 Å². The van der Waals surface area contributed by atoms with Gasteiger partial charge in [-0.15, -0.1) is 0 Å². The van der Waals surface area contributed by atoms with E-state index in [2.05, 4.69) is 5.32 Å². The highest BCUT2D eigenvalue weighted by atomic mass is 35.5. The molecular formula is C19H17ClN2O5. The molecule has 2 aliphatic heterocycles. The number of amides is 2. The summed E-state index contributed by atoms with van der Waals surface area (Å²) in [7, 11) is 0. The quantitative estimate of drug-likeness (QED) is 0.874. The predicted molar refractivity (Wildman–Crippen MR) is 100.0 cm³/mol. The molecular weight excluding hydrogens is 372 g/mol. The van der Waals surface area contributed by atoms with Crippen molar-refractivity contribution >= 4 is 34.8 Å². The molecule has 2 aromatic rings. The number of fused-ring (bicyclic) bond motifs is 2. The number of benzene rings is 2. The largest absolute Gasteiger partial charge is 0.490 e. The molecule has 0 spiro atoms. The molecule has 140 valence electrons. The van der Waals surface area contributed by atoms with Gasteiger partial charge in [-0.25, -0.2) is 0 Å². The molecule has 2 aromatic carbocycles. The molecule has 1 N–H and O–H groups in total. The van der Waals surface area contributed by atoms with Crippen LogP contribution in [0.5, 0.6) is 17.2 Å². The van der Waals surface area contributed by atoms with Crippen molar-refractivity contribution in [3.05, 3.63) is 41.4 Å². The fourth-order valence-corrected chi connectivity index (χ4v) is 3.14. The predicted octanol–water partition coefficient (Wildman–Crippen LogP) is 2.87. The number of hydrogen-bond donors (Lipinski definition) is 1. The van der Waals surface area contributed by atoms with Gasteiger partial charge in [0.05, 0.1) is 29.6 Å². The molecule has 0 atom stereocenters. The van der Waals surface area contributed by atoms with Gasteiger partial charge in [0.25, 0.3) is 5.91 Å². The van der Waals surface area contributed by atoms with Gasteiger partial charge in [-0.1, -0.05) is 23.7 Å². The highest BCUT2D eigenvalue weighted by Gasteiger charge is 2.27. The third-order valence-electron chi connectivity index (χ3n) is 4.22. The molecule has 0 aromatic heterocycles. The van der Waals surface area contributed by atoms with Crippen molar-refractivity contribution in [3.63, 3.8) is 0 Å². The first kappa shape index (κ1) is 17.5. The lowest BCUT2D eigenvalue weighted by Crippen LogP contribution is -2.43. The Labute approximate surface area is 160 Å². The van der Waals surface area contributed by atoms with Crippen molar-refractivity contribution in [1.82, 2.24) is 0 Å². The molecule has 2 heterocycles. The topological polar surface area (TPSA) is 77.1 Å². The lowest BCUT2D eigenvalue weighted by molar-refractivity contribution is -0.123. The summed E-state index contributed by atoms with van der Waals surface area (Å²) in [4.78, 5) is 26.1. The summed E-state index contributed by atoms with van der Waals surface area (Å²) in [5, 5.41) is 3.07. The molecule has 0 saturated carbocycles. The van der Waals surface area contributed by atoms with Gasteiger partial charge in [0.15, 0.2) is 18.1 Å². The zero-order valence-corrected chi connectivity index (χ0v) is 15.1. The lowest BCUT2D eigenvalue weighted by atomic mass is 10.2. The fourth-order valence-electron chi connectivity index (χ4n) is 2.94. The van der Waals surface area contributed by atoms with Crippen LogP contribution in [-0.4, -0.2) is 38.2 Å². The van der Waals surface area contributed by atoms with Crippen LogP contribution in [0.15, 0.2) is 36.4 Å². The van der Waals surface area contributed by atoms with Gasteiger partial charge in [-0.3, -0.25) is 14.5 Å². The number of nitrogens with one attached hydrogen (secondary N) is 1. The Morgan fingerprint density at radius 2 is 1.81 bits per heavy atom. The Balaban J connectivity index is 1.52. The first-order valence-electron chi connectivity index (χ1n) is 8.53. The van der Waals surface area contributed by atoms with Crippen molar-refractivity contribution in [2.45, 2.75) is 6.42 Å². The van der Waals surface area contributed by atoms with E-state index < -0.39 is 0 Å². The molecule has 8 heteroatoms. The second-order valence-corrected chi connectivity index (χ2v) is 6.52. The molecule has 0 saturated heterocycles. The van der Waals surface area contributed by atoms with E-state index in [1.165, 1.54) is 4.90 Å². The number of halogens is 1. The first-order valence-corrected chi connectivity index (χ1v) is 8.91. The molecule has 27 heavy (non-hydrogen) atoms. The Bertz CT molecular complexity index is 902. The number of carbonyl (C=O) groups excluding carboxylic acids is 2. The van der Waals surface area contributed by atoms with Crippen LogP contribution in [0.2, 0.25) is 5.02 Å². The second kappa shape index (κ2) is 7.36. The second-order valence-electron chi connectivity index (χ2n) is 6.11. The van der Waals surface area contributed by atoms with Crippen LogP contribution in [0.3, 0.4) is 0 Å². The van der Waals surface area contributed by atoms with Gasteiger partial charge in [0.2, 0.25) is 5.91 Å². The minimum atomic E-state index is -0.378. The SMILES string of the molecule is O=C(CN1C(=O)COc2ccccc21)Nc1cc2c(cc1Cl)OCCCO2. The van der Waals surface area contributed by atoms with Crippen LogP contribution in [0.4, 0.5) is 11.4 Å². The lowest BCUT2D eigenvalue weighted by Gasteiger charge is -2.28. The van der Waals surface area contributed by atoms with Gasteiger partial charge in [-0.05, 0) is 12.1 Å². The van der Waals surface area contributed by atoms with Gasteiger partial charge in [-0.2, -0.15) is 0 Å². The van der Waals surface area contributed by atoms with E-state index >= 15 is 0 Å². The summed E-state index contributed by atoms with van der Waals surface area (Å²) in [6.07, 6.45) is 0.770. The maximum atomic E-state index is 12.5. The van der Waals surface area contributed by atoms with Crippen LogP contribution in [-0.2, 0) is 9.59 Å². The van der Waals surface area contributed by atoms with Crippen molar-refractivity contribution < 1.29 is 23.8 Å². The van der Waals surface area contributed by atoms with Gasteiger partial charge in [0, 0.05) is 18.6 Å². The Kier molecular flexibility index (Phi) is 4.77. The van der Waals surface area contributed by atoms with Crippen LogP contribution >= 0.6 is 11.6 Å². The van der Waals surface area contributed by atoms with Crippen molar-refractivity contribution in [3.8, 4) is 17.2 Å². The van der Waals surface area contributed by atoms with Crippen molar-refractivity contribution in [2.75, 3.05) is 36.6 Å². The Morgan fingerprint density at radius 3 is 2.63 bits per heavy atom. The monoisotopic (exact) mass is 388 g/mol. The first-order chi connectivity index (χ1) is 13.1. The number of ether oxygens (including phenoxy) is 3. The zero-order chi connectivity index (χ0) is 18.8.